The molecule has 0 unspecified atom stereocenters. The minimum Gasteiger partial charge on any atom is -0.471 e. The van der Waals surface area contributed by atoms with Crippen molar-refractivity contribution >= 4 is 34.9 Å². The SMILES string of the molecule is CC(=O)OC1=C(C(C)C)OCN1c1c(Cl)cccc1Cl. The molecule has 4 nitrogen and oxygen atoms in total. The largest absolute Gasteiger partial charge is 0.471 e. The molecule has 0 amide bonds. The summed E-state index contributed by atoms with van der Waals surface area (Å²) in [6, 6.07) is 5.20. The lowest BCUT2D eigenvalue weighted by molar-refractivity contribution is -0.137. The van der Waals surface area contributed by atoms with Crippen LogP contribution in [0.1, 0.15) is 20.8 Å². The van der Waals surface area contributed by atoms with E-state index >= 15 is 0 Å². The highest BCUT2D eigenvalue weighted by molar-refractivity contribution is 6.39. The van der Waals surface area contributed by atoms with E-state index in [9.17, 15) is 4.79 Å². The van der Waals surface area contributed by atoms with Gasteiger partial charge in [-0.2, -0.15) is 0 Å². The zero-order valence-electron chi connectivity index (χ0n) is 11.4. The molecule has 0 aliphatic carbocycles. The van der Waals surface area contributed by atoms with Crippen LogP contribution in [0.3, 0.4) is 0 Å². The minimum atomic E-state index is -0.420. The van der Waals surface area contributed by atoms with Gasteiger partial charge in [0.1, 0.15) is 0 Å². The van der Waals surface area contributed by atoms with Crippen molar-refractivity contribution in [1.82, 2.24) is 0 Å². The van der Waals surface area contributed by atoms with Crippen molar-refractivity contribution in [2.45, 2.75) is 20.8 Å². The van der Waals surface area contributed by atoms with E-state index in [-0.39, 0.29) is 12.6 Å². The molecule has 1 heterocycles. The number of halogens is 2. The molecule has 0 spiro atoms. The van der Waals surface area contributed by atoms with Crippen LogP contribution >= 0.6 is 23.2 Å². The number of rotatable bonds is 3. The van der Waals surface area contributed by atoms with Crippen LogP contribution in [0.2, 0.25) is 10.0 Å². The van der Waals surface area contributed by atoms with Crippen molar-refractivity contribution in [1.29, 1.82) is 0 Å². The van der Waals surface area contributed by atoms with Crippen LogP contribution < -0.4 is 4.90 Å². The van der Waals surface area contributed by atoms with Crippen LogP contribution in [0.15, 0.2) is 29.8 Å². The van der Waals surface area contributed by atoms with Gasteiger partial charge >= 0.3 is 5.97 Å². The number of allylic oxidation sites excluding steroid dienone is 1. The van der Waals surface area contributed by atoms with E-state index in [1.807, 2.05) is 13.8 Å². The van der Waals surface area contributed by atoms with Gasteiger partial charge in [-0.25, -0.2) is 0 Å². The normalized spacial score (nSPS) is 14.8. The maximum absolute atomic E-state index is 11.3. The summed E-state index contributed by atoms with van der Waals surface area (Å²) in [6.07, 6.45) is 0. The predicted molar refractivity (Wildman–Crippen MR) is 78.5 cm³/mol. The summed E-state index contributed by atoms with van der Waals surface area (Å²) in [5.41, 5.74) is 0.572. The maximum atomic E-state index is 11.3. The fraction of sp³-hybridized carbons (Fsp3) is 0.357. The Hall–Kier alpha value is -1.39. The highest BCUT2D eigenvalue weighted by atomic mass is 35.5. The Kier molecular flexibility index (Phi) is 4.45. The van der Waals surface area contributed by atoms with Crippen molar-refractivity contribution in [3.8, 4) is 0 Å². The Morgan fingerprint density at radius 1 is 1.35 bits per heavy atom. The molecule has 0 bridgehead atoms. The molecule has 108 valence electrons. The molecule has 20 heavy (non-hydrogen) atoms. The molecule has 0 saturated carbocycles. The lowest BCUT2D eigenvalue weighted by atomic mass is 10.2. The summed E-state index contributed by atoms with van der Waals surface area (Å²) in [6.45, 7) is 5.46. The number of nitrogens with zero attached hydrogens (tertiary/aromatic N) is 1. The van der Waals surface area contributed by atoms with E-state index in [1.54, 1.807) is 23.1 Å². The Morgan fingerprint density at radius 3 is 2.45 bits per heavy atom. The second-order valence-corrected chi connectivity index (χ2v) is 5.50. The van der Waals surface area contributed by atoms with Crippen LogP contribution in [0.4, 0.5) is 5.69 Å². The summed E-state index contributed by atoms with van der Waals surface area (Å²) >= 11 is 12.4. The molecule has 2 rings (SSSR count). The predicted octanol–water partition coefficient (Wildman–Crippen LogP) is 4.18. The van der Waals surface area contributed by atoms with Crippen molar-refractivity contribution < 1.29 is 14.3 Å². The summed E-state index contributed by atoms with van der Waals surface area (Å²) in [7, 11) is 0. The highest BCUT2D eigenvalue weighted by Crippen LogP contribution is 2.40. The molecular weight excluding hydrogens is 301 g/mol. The smallest absolute Gasteiger partial charge is 0.309 e. The number of carbonyl (C=O) groups excluding carboxylic acids is 1. The Morgan fingerprint density at radius 2 is 1.95 bits per heavy atom. The number of benzene rings is 1. The van der Waals surface area contributed by atoms with E-state index < -0.39 is 5.97 Å². The molecule has 0 fully saturated rings. The van der Waals surface area contributed by atoms with Crippen molar-refractivity contribution in [2.75, 3.05) is 11.6 Å². The zero-order chi connectivity index (χ0) is 14.9. The third-order valence-corrected chi connectivity index (χ3v) is 3.39. The molecule has 0 radical (unpaired) electrons. The number of esters is 1. The average molecular weight is 316 g/mol. The topological polar surface area (TPSA) is 38.8 Å². The van der Waals surface area contributed by atoms with Gasteiger partial charge in [-0.3, -0.25) is 9.69 Å². The fourth-order valence-electron chi connectivity index (χ4n) is 1.96. The molecule has 0 saturated heterocycles. The van der Waals surface area contributed by atoms with E-state index in [1.165, 1.54) is 6.92 Å². The van der Waals surface area contributed by atoms with Crippen molar-refractivity contribution in [2.24, 2.45) is 5.92 Å². The first-order valence-corrected chi connectivity index (χ1v) is 6.94. The monoisotopic (exact) mass is 315 g/mol. The molecular formula is C14H15Cl2NO3. The second kappa shape index (κ2) is 5.94. The van der Waals surface area contributed by atoms with Gasteiger partial charge in [0.05, 0.1) is 15.7 Å². The Bertz CT molecular complexity index is 549. The van der Waals surface area contributed by atoms with E-state index in [4.69, 9.17) is 32.7 Å². The summed E-state index contributed by atoms with van der Waals surface area (Å²) in [5, 5.41) is 0.937. The molecule has 1 aromatic carbocycles. The first kappa shape index (κ1) is 15.0. The van der Waals surface area contributed by atoms with Gasteiger partial charge in [0.25, 0.3) is 0 Å². The number of hydrogen-bond donors (Lipinski definition) is 0. The highest BCUT2D eigenvalue weighted by Gasteiger charge is 2.32. The molecule has 0 aromatic heterocycles. The van der Waals surface area contributed by atoms with Crippen LogP contribution in [-0.2, 0) is 14.3 Å². The van der Waals surface area contributed by atoms with Gasteiger partial charge in [-0.15, -0.1) is 0 Å². The van der Waals surface area contributed by atoms with Gasteiger partial charge in [-0.05, 0) is 12.1 Å². The maximum Gasteiger partial charge on any atom is 0.309 e. The van der Waals surface area contributed by atoms with Crippen LogP contribution in [-0.4, -0.2) is 12.7 Å². The summed E-state index contributed by atoms with van der Waals surface area (Å²) < 4.78 is 10.9. The Labute approximate surface area is 127 Å². The molecule has 1 aromatic rings. The lowest BCUT2D eigenvalue weighted by Gasteiger charge is -2.21. The first-order chi connectivity index (χ1) is 9.41. The number of para-hydroxylation sites is 1. The lowest BCUT2D eigenvalue weighted by Crippen LogP contribution is -2.23. The molecule has 6 heteroatoms. The van der Waals surface area contributed by atoms with Gasteiger partial charge in [-0.1, -0.05) is 43.1 Å². The second-order valence-electron chi connectivity index (χ2n) is 4.69. The van der Waals surface area contributed by atoms with E-state index in [0.717, 1.165) is 0 Å². The van der Waals surface area contributed by atoms with Crippen molar-refractivity contribution in [3.63, 3.8) is 0 Å². The van der Waals surface area contributed by atoms with Gasteiger partial charge in [0.2, 0.25) is 5.88 Å². The van der Waals surface area contributed by atoms with Gasteiger partial charge < -0.3 is 9.47 Å². The quantitative estimate of drug-likeness (QED) is 0.784. The fourth-order valence-corrected chi connectivity index (χ4v) is 2.56. The van der Waals surface area contributed by atoms with Crippen LogP contribution in [0.5, 0.6) is 0 Å². The number of ether oxygens (including phenoxy) is 2. The van der Waals surface area contributed by atoms with E-state index in [2.05, 4.69) is 0 Å². The number of carbonyl (C=O) groups is 1. The zero-order valence-corrected chi connectivity index (χ0v) is 13.0. The third-order valence-electron chi connectivity index (χ3n) is 2.78. The molecule has 0 N–H and O–H groups in total. The van der Waals surface area contributed by atoms with E-state index in [0.29, 0.717) is 27.4 Å². The first-order valence-electron chi connectivity index (χ1n) is 6.18. The van der Waals surface area contributed by atoms with Gasteiger partial charge in [0, 0.05) is 12.8 Å². The molecule has 1 aliphatic rings. The third kappa shape index (κ3) is 2.86. The van der Waals surface area contributed by atoms with Crippen LogP contribution in [0, 0.1) is 5.92 Å². The molecule has 1 aliphatic heterocycles. The Balaban J connectivity index is 2.48. The van der Waals surface area contributed by atoms with Gasteiger partial charge in [0.15, 0.2) is 12.5 Å². The number of hydrogen-bond acceptors (Lipinski definition) is 4. The summed E-state index contributed by atoms with van der Waals surface area (Å²) in [5.74, 6) is 0.617. The summed E-state index contributed by atoms with van der Waals surface area (Å²) in [4.78, 5) is 13.0. The van der Waals surface area contributed by atoms with Crippen LogP contribution in [0.25, 0.3) is 0 Å². The molecule has 0 atom stereocenters. The van der Waals surface area contributed by atoms with Crippen molar-refractivity contribution in [3.05, 3.63) is 39.9 Å². The average Bonchev–Trinajstić information content (AvgIpc) is 2.72. The standard InChI is InChI=1S/C14H15Cl2NO3/c1-8(2)13-14(20-9(3)18)17(7-19-13)12-10(15)5-4-6-11(12)16/h4-6,8H,7H2,1-3H3. The number of anilines is 1. The minimum absolute atomic E-state index is 0.0793.